The van der Waals surface area contributed by atoms with Gasteiger partial charge in [0.1, 0.15) is 0 Å². The minimum absolute atomic E-state index is 0.150. The number of hydrogen-bond donors (Lipinski definition) is 4. The molecule has 1 heterocycles. The number of guanidine groups is 1. The van der Waals surface area contributed by atoms with Gasteiger partial charge in [-0.1, -0.05) is 0 Å². The van der Waals surface area contributed by atoms with Crippen LogP contribution in [0.4, 0.5) is 0 Å². The maximum absolute atomic E-state index is 6.90. The van der Waals surface area contributed by atoms with E-state index in [0.717, 1.165) is 0 Å². The number of nitrogens with two attached hydrogens (primary N) is 2. The van der Waals surface area contributed by atoms with Crippen LogP contribution in [0.25, 0.3) is 0 Å². The van der Waals surface area contributed by atoms with E-state index in [1.165, 1.54) is 10.2 Å². The Labute approximate surface area is 52.1 Å². The van der Waals surface area contributed by atoms with E-state index < -0.39 is 0 Å². The van der Waals surface area contributed by atoms with E-state index in [4.69, 9.17) is 17.0 Å². The molecule has 0 saturated carbocycles. The van der Waals surface area contributed by atoms with Crippen LogP contribution in [0.1, 0.15) is 0 Å². The Morgan fingerprint density at radius 2 is 2.33 bits per heavy atom. The van der Waals surface area contributed by atoms with Gasteiger partial charge in [-0.05, 0) is 0 Å². The maximum Gasteiger partial charge on any atom is 0.229 e. The second kappa shape index (κ2) is 1.82. The van der Waals surface area contributed by atoms with Crippen LogP contribution in [0.2, 0.25) is 0 Å². The fourth-order valence-electron chi connectivity index (χ4n) is 0.508. The van der Waals surface area contributed by atoms with Crippen LogP contribution in [-0.2, 0) is 0 Å². The van der Waals surface area contributed by atoms with Crippen LogP contribution in [-0.4, -0.2) is 16.2 Å². The summed E-state index contributed by atoms with van der Waals surface area (Å²) in [4.78, 5) is 0. The molecule has 1 aliphatic rings. The fourth-order valence-corrected chi connectivity index (χ4v) is 0.508. The zero-order chi connectivity index (χ0) is 6.85. The summed E-state index contributed by atoms with van der Waals surface area (Å²) in [7, 11) is 0. The van der Waals surface area contributed by atoms with Crippen molar-refractivity contribution < 1.29 is 0 Å². The Bertz CT molecular complexity index is 150. The Morgan fingerprint density at radius 1 is 1.67 bits per heavy atom. The van der Waals surface area contributed by atoms with Gasteiger partial charge in [0.2, 0.25) is 5.96 Å². The molecule has 6 nitrogen and oxygen atoms in total. The molecule has 0 aromatic carbocycles. The first-order valence-electron chi connectivity index (χ1n) is 2.32. The van der Waals surface area contributed by atoms with E-state index in [0.29, 0.717) is 0 Å². The van der Waals surface area contributed by atoms with E-state index in [1.54, 1.807) is 12.4 Å². The first-order valence-corrected chi connectivity index (χ1v) is 2.32. The third-order valence-electron chi connectivity index (χ3n) is 0.883. The molecule has 0 atom stereocenters. The zero-order valence-electron chi connectivity index (χ0n) is 4.70. The summed E-state index contributed by atoms with van der Waals surface area (Å²) >= 11 is 0. The molecule has 0 saturated heterocycles. The molecule has 9 heavy (non-hydrogen) atoms. The third-order valence-corrected chi connectivity index (χ3v) is 0.883. The second-order valence-electron chi connectivity index (χ2n) is 1.52. The van der Waals surface area contributed by atoms with Crippen molar-refractivity contribution in [2.75, 3.05) is 0 Å². The summed E-state index contributed by atoms with van der Waals surface area (Å²) in [6.07, 6.45) is 3.11. The number of hydrogen-bond acceptors (Lipinski definition) is 4. The molecule has 50 valence electrons. The fraction of sp³-hybridized carbons (Fsp3) is 0. The maximum atomic E-state index is 6.90. The van der Waals surface area contributed by atoms with Crippen molar-refractivity contribution in [3.8, 4) is 0 Å². The smallest absolute Gasteiger partial charge is 0.229 e. The summed E-state index contributed by atoms with van der Waals surface area (Å²) < 4.78 is 0. The summed E-state index contributed by atoms with van der Waals surface area (Å²) in [5.74, 6) is 5.12. The molecule has 1 rings (SSSR count). The van der Waals surface area contributed by atoms with Crippen LogP contribution in [0.3, 0.4) is 0 Å². The zero-order valence-corrected chi connectivity index (χ0v) is 4.70. The van der Waals surface area contributed by atoms with Gasteiger partial charge in [-0.15, -0.1) is 5.12 Å². The lowest BCUT2D eigenvalue weighted by Gasteiger charge is -2.22. The Hall–Kier alpha value is -1.43. The minimum Gasteiger partial charge on any atom is -0.367 e. The predicted octanol–water partition coefficient (Wildman–Crippen LogP) is -1.74. The van der Waals surface area contributed by atoms with Gasteiger partial charge in [0.25, 0.3) is 0 Å². The molecule has 0 fully saturated rings. The van der Waals surface area contributed by atoms with Crippen molar-refractivity contribution in [1.29, 1.82) is 5.41 Å². The lowest BCUT2D eigenvalue weighted by atomic mass is 11.0. The van der Waals surface area contributed by atoms with Crippen molar-refractivity contribution in [3.63, 3.8) is 0 Å². The molecule has 0 unspecified atom stereocenters. The first kappa shape index (κ1) is 5.70. The van der Waals surface area contributed by atoms with E-state index in [9.17, 15) is 0 Å². The lowest BCUT2D eigenvalue weighted by Crippen LogP contribution is -2.52. The molecule has 0 spiro atoms. The Kier molecular flexibility index (Phi) is 1.16. The first-order chi connectivity index (χ1) is 4.22. The average molecular weight is 128 g/mol. The molecule has 6 heteroatoms. The lowest BCUT2D eigenvalue weighted by molar-refractivity contribution is 0.0901. The van der Waals surface area contributed by atoms with Gasteiger partial charge >= 0.3 is 0 Å². The molecular weight excluding hydrogens is 120 g/mol. The number of nitrogens with one attached hydrogen (secondary N) is 2. The highest BCUT2D eigenvalue weighted by Crippen LogP contribution is 1.92. The molecule has 0 aliphatic carbocycles. The summed E-state index contributed by atoms with van der Waals surface area (Å²) in [6.45, 7) is 0. The van der Waals surface area contributed by atoms with E-state index >= 15 is 0 Å². The quantitative estimate of drug-likeness (QED) is 0.176. The van der Waals surface area contributed by atoms with Gasteiger partial charge in [0, 0.05) is 6.20 Å². The van der Waals surface area contributed by atoms with E-state index in [1.807, 2.05) is 0 Å². The largest absolute Gasteiger partial charge is 0.367 e. The monoisotopic (exact) mass is 128 g/mol. The van der Waals surface area contributed by atoms with E-state index in [2.05, 4.69) is 5.43 Å². The molecule has 0 amide bonds. The normalized spacial score (nSPS) is 16.1. The highest BCUT2D eigenvalue weighted by molar-refractivity contribution is 5.73. The molecule has 0 bridgehead atoms. The van der Waals surface area contributed by atoms with Gasteiger partial charge in [-0.3, -0.25) is 10.8 Å². The van der Waals surface area contributed by atoms with Gasteiger partial charge in [-0.25, -0.2) is 11.0 Å². The Balaban J connectivity index is 2.55. The van der Waals surface area contributed by atoms with E-state index in [-0.39, 0.29) is 5.96 Å². The Morgan fingerprint density at radius 3 is 2.56 bits per heavy atom. The predicted molar refractivity (Wildman–Crippen MR) is 32.1 cm³/mol. The number of rotatable bonds is 0. The van der Waals surface area contributed by atoms with Gasteiger partial charge in [0.05, 0.1) is 6.20 Å². The van der Waals surface area contributed by atoms with Gasteiger partial charge in [0.15, 0.2) is 0 Å². The molecule has 0 aromatic heterocycles. The van der Waals surface area contributed by atoms with Crippen LogP contribution < -0.4 is 17.0 Å². The standard InChI is InChI=1S/C3H8N6/c4-3(5)9-7-1-2-8(9)6/h1-2,7H,6H2,(H3,4,5). The van der Waals surface area contributed by atoms with Gasteiger partial charge in [-0.2, -0.15) is 0 Å². The van der Waals surface area contributed by atoms with Crippen molar-refractivity contribution in [3.05, 3.63) is 12.4 Å². The van der Waals surface area contributed by atoms with Crippen molar-refractivity contribution >= 4 is 5.96 Å². The van der Waals surface area contributed by atoms with Crippen molar-refractivity contribution in [1.82, 2.24) is 15.7 Å². The molecule has 0 radical (unpaired) electrons. The van der Waals surface area contributed by atoms with Crippen molar-refractivity contribution in [2.45, 2.75) is 0 Å². The SMILES string of the molecule is N=C(N)N1NC=CN1N. The van der Waals surface area contributed by atoms with Crippen LogP contribution in [0.15, 0.2) is 12.4 Å². The molecule has 0 aromatic rings. The second-order valence-corrected chi connectivity index (χ2v) is 1.52. The van der Waals surface area contributed by atoms with Crippen molar-refractivity contribution in [2.24, 2.45) is 11.6 Å². The minimum atomic E-state index is -0.150. The number of hydrazine groups is 3. The summed E-state index contributed by atoms with van der Waals surface area (Å²) in [6, 6.07) is 0. The van der Waals surface area contributed by atoms with Crippen LogP contribution in [0, 0.1) is 5.41 Å². The molecule has 6 N–H and O–H groups in total. The van der Waals surface area contributed by atoms with Crippen LogP contribution >= 0.6 is 0 Å². The average Bonchev–Trinajstić information content (AvgIpc) is 2.13. The highest BCUT2D eigenvalue weighted by atomic mass is 15.9. The third kappa shape index (κ3) is 0.868. The molecular formula is C3H8N6. The summed E-state index contributed by atoms with van der Waals surface area (Å²) in [5, 5.41) is 9.25. The summed E-state index contributed by atoms with van der Waals surface area (Å²) in [5.41, 5.74) is 7.68. The van der Waals surface area contributed by atoms with Crippen LogP contribution in [0.5, 0.6) is 0 Å². The highest BCUT2D eigenvalue weighted by Gasteiger charge is 2.11. The molecule has 1 aliphatic heterocycles. The van der Waals surface area contributed by atoms with Gasteiger partial charge < -0.3 is 5.73 Å². The topological polar surface area (TPSA) is 94.4 Å². The number of nitrogens with zero attached hydrogens (tertiary/aromatic N) is 2.